The summed E-state index contributed by atoms with van der Waals surface area (Å²) in [6, 6.07) is 1.77. The Morgan fingerprint density at radius 2 is 2.43 bits per heavy atom. The molecule has 0 bridgehead atoms. The van der Waals surface area contributed by atoms with Gasteiger partial charge in [0, 0.05) is 18.4 Å². The average molecular weight is 214 g/mol. The van der Waals surface area contributed by atoms with Crippen molar-refractivity contribution in [1.82, 2.24) is 4.98 Å². The Balaban J connectivity index is 2.87. The highest BCUT2D eigenvalue weighted by atomic mass is 35.5. The SMILES string of the molecule is COc1ncc(Cl)cc1C=CCCO. The predicted molar refractivity (Wildman–Crippen MR) is 56.5 cm³/mol. The van der Waals surface area contributed by atoms with E-state index in [1.807, 2.05) is 12.2 Å². The summed E-state index contributed by atoms with van der Waals surface area (Å²) >= 11 is 5.79. The molecule has 0 aliphatic rings. The molecular formula is C10H12ClNO2. The van der Waals surface area contributed by atoms with Gasteiger partial charge in [-0.15, -0.1) is 0 Å². The topological polar surface area (TPSA) is 42.4 Å². The van der Waals surface area contributed by atoms with Crippen LogP contribution in [0.2, 0.25) is 5.02 Å². The molecule has 0 saturated heterocycles. The standard InChI is InChI=1S/C10H12ClNO2/c1-14-10-8(4-2-3-5-13)6-9(11)7-12-10/h2,4,6-7,13H,3,5H2,1H3. The summed E-state index contributed by atoms with van der Waals surface area (Å²) < 4.78 is 5.05. The Bertz CT molecular complexity index is 326. The number of pyridine rings is 1. The number of halogens is 1. The van der Waals surface area contributed by atoms with Crippen molar-refractivity contribution >= 4 is 17.7 Å². The zero-order valence-electron chi connectivity index (χ0n) is 7.90. The summed E-state index contributed by atoms with van der Waals surface area (Å²) in [6.45, 7) is 0.132. The molecule has 0 unspecified atom stereocenters. The van der Waals surface area contributed by atoms with Gasteiger partial charge in [0.15, 0.2) is 0 Å². The zero-order valence-corrected chi connectivity index (χ0v) is 8.66. The van der Waals surface area contributed by atoms with Crippen LogP contribution in [0.3, 0.4) is 0 Å². The molecule has 1 rings (SSSR count). The minimum atomic E-state index is 0.132. The van der Waals surface area contributed by atoms with E-state index >= 15 is 0 Å². The number of aromatic nitrogens is 1. The fraction of sp³-hybridized carbons (Fsp3) is 0.300. The first-order chi connectivity index (χ1) is 6.77. The molecule has 1 N–H and O–H groups in total. The fourth-order valence-corrected chi connectivity index (χ4v) is 1.18. The lowest BCUT2D eigenvalue weighted by Crippen LogP contribution is -1.90. The fourth-order valence-electron chi connectivity index (χ4n) is 1.02. The number of nitrogens with zero attached hydrogens (tertiary/aromatic N) is 1. The van der Waals surface area contributed by atoms with Crippen LogP contribution < -0.4 is 4.74 Å². The molecular weight excluding hydrogens is 202 g/mol. The summed E-state index contributed by atoms with van der Waals surface area (Å²) in [5.41, 5.74) is 0.813. The first-order valence-electron chi connectivity index (χ1n) is 4.25. The number of hydrogen-bond acceptors (Lipinski definition) is 3. The molecule has 0 spiro atoms. The van der Waals surface area contributed by atoms with E-state index in [0.717, 1.165) is 5.56 Å². The van der Waals surface area contributed by atoms with Crippen LogP contribution in [-0.4, -0.2) is 23.8 Å². The van der Waals surface area contributed by atoms with Gasteiger partial charge in [0.05, 0.1) is 12.1 Å². The van der Waals surface area contributed by atoms with Crippen molar-refractivity contribution in [1.29, 1.82) is 0 Å². The van der Waals surface area contributed by atoms with Crippen LogP contribution in [0.5, 0.6) is 5.88 Å². The molecule has 4 heteroatoms. The van der Waals surface area contributed by atoms with Crippen LogP contribution >= 0.6 is 11.6 Å². The molecule has 1 heterocycles. The second-order valence-electron chi connectivity index (χ2n) is 2.67. The molecule has 0 aliphatic heterocycles. The largest absolute Gasteiger partial charge is 0.481 e. The van der Waals surface area contributed by atoms with E-state index in [1.54, 1.807) is 13.2 Å². The highest BCUT2D eigenvalue weighted by molar-refractivity contribution is 6.30. The lowest BCUT2D eigenvalue weighted by molar-refractivity contribution is 0.303. The third-order valence-corrected chi connectivity index (χ3v) is 1.84. The first kappa shape index (κ1) is 11.0. The third kappa shape index (κ3) is 3.01. The van der Waals surface area contributed by atoms with Crippen LogP contribution in [0.15, 0.2) is 18.3 Å². The number of hydrogen-bond donors (Lipinski definition) is 1. The van der Waals surface area contributed by atoms with Gasteiger partial charge in [-0.3, -0.25) is 0 Å². The smallest absolute Gasteiger partial charge is 0.220 e. The number of ether oxygens (including phenoxy) is 1. The predicted octanol–water partition coefficient (Wildman–Crippen LogP) is 2.14. The van der Waals surface area contributed by atoms with Gasteiger partial charge in [-0.25, -0.2) is 4.98 Å². The molecule has 76 valence electrons. The van der Waals surface area contributed by atoms with Crippen molar-refractivity contribution < 1.29 is 9.84 Å². The van der Waals surface area contributed by atoms with Crippen LogP contribution in [0.4, 0.5) is 0 Å². The zero-order chi connectivity index (χ0) is 10.4. The molecule has 3 nitrogen and oxygen atoms in total. The first-order valence-corrected chi connectivity index (χ1v) is 4.62. The Morgan fingerprint density at radius 1 is 1.64 bits per heavy atom. The summed E-state index contributed by atoms with van der Waals surface area (Å²) in [5, 5.41) is 9.17. The van der Waals surface area contributed by atoms with E-state index in [4.69, 9.17) is 21.4 Å². The van der Waals surface area contributed by atoms with Crippen molar-refractivity contribution in [3.63, 3.8) is 0 Å². The Morgan fingerprint density at radius 3 is 3.07 bits per heavy atom. The molecule has 0 amide bonds. The molecule has 14 heavy (non-hydrogen) atoms. The van der Waals surface area contributed by atoms with Gasteiger partial charge in [0.25, 0.3) is 0 Å². The van der Waals surface area contributed by atoms with Gasteiger partial charge in [0.1, 0.15) is 0 Å². The van der Waals surface area contributed by atoms with Crippen LogP contribution in [0, 0.1) is 0 Å². The Hall–Kier alpha value is -1.06. The van der Waals surface area contributed by atoms with E-state index in [1.165, 1.54) is 6.20 Å². The summed E-state index contributed by atoms with van der Waals surface area (Å²) in [6.07, 6.45) is 5.81. The summed E-state index contributed by atoms with van der Waals surface area (Å²) in [5.74, 6) is 0.531. The van der Waals surface area contributed by atoms with E-state index in [-0.39, 0.29) is 6.61 Å². The van der Waals surface area contributed by atoms with E-state index in [9.17, 15) is 0 Å². The van der Waals surface area contributed by atoms with Gasteiger partial charge in [0.2, 0.25) is 5.88 Å². The normalized spacial score (nSPS) is 10.8. The van der Waals surface area contributed by atoms with Gasteiger partial charge in [-0.05, 0) is 12.5 Å². The summed E-state index contributed by atoms with van der Waals surface area (Å²) in [7, 11) is 1.56. The maximum absolute atomic E-state index is 8.60. The van der Waals surface area contributed by atoms with Crippen molar-refractivity contribution in [3.8, 4) is 5.88 Å². The van der Waals surface area contributed by atoms with Crippen LogP contribution in [-0.2, 0) is 0 Å². The quantitative estimate of drug-likeness (QED) is 0.833. The summed E-state index contributed by atoms with van der Waals surface area (Å²) in [4.78, 5) is 4.01. The monoisotopic (exact) mass is 213 g/mol. The number of aliphatic hydroxyl groups excluding tert-OH is 1. The van der Waals surface area contributed by atoms with Crippen molar-refractivity contribution in [2.75, 3.05) is 13.7 Å². The molecule has 0 fully saturated rings. The van der Waals surface area contributed by atoms with Crippen molar-refractivity contribution in [2.45, 2.75) is 6.42 Å². The number of aliphatic hydroxyl groups is 1. The molecule has 0 aromatic carbocycles. The maximum Gasteiger partial charge on any atom is 0.220 e. The van der Waals surface area contributed by atoms with E-state index in [0.29, 0.717) is 17.3 Å². The molecule has 0 aliphatic carbocycles. The van der Waals surface area contributed by atoms with Gasteiger partial charge < -0.3 is 9.84 Å². The van der Waals surface area contributed by atoms with Crippen LogP contribution in [0.1, 0.15) is 12.0 Å². The Kier molecular flexibility index (Phi) is 4.43. The van der Waals surface area contributed by atoms with Gasteiger partial charge in [-0.1, -0.05) is 23.8 Å². The molecule has 0 radical (unpaired) electrons. The highest BCUT2D eigenvalue weighted by Crippen LogP contribution is 2.20. The lowest BCUT2D eigenvalue weighted by Gasteiger charge is -2.02. The minimum Gasteiger partial charge on any atom is -0.481 e. The van der Waals surface area contributed by atoms with Crippen molar-refractivity contribution in [3.05, 3.63) is 28.9 Å². The molecule has 0 atom stereocenters. The van der Waals surface area contributed by atoms with E-state index < -0.39 is 0 Å². The van der Waals surface area contributed by atoms with Crippen LogP contribution in [0.25, 0.3) is 6.08 Å². The highest BCUT2D eigenvalue weighted by Gasteiger charge is 2.01. The lowest BCUT2D eigenvalue weighted by atomic mass is 10.2. The van der Waals surface area contributed by atoms with Gasteiger partial charge >= 0.3 is 0 Å². The molecule has 1 aromatic heterocycles. The third-order valence-electron chi connectivity index (χ3n) is 1.63. The number of methoxy groups -OCH3 is 1. The molecule has 0 saturated carbocycles. The maximum atomic E-state index is 8.60. The number of rotatable bonds is 4. The minimum absolute atomic E-state index is 0.132. The average Bonchev–Trinajstić information content (AvgIpc) is 2.19. The van der Waals surface area contributed by atoms with Gasteiger partial charge in [-0.2, -0.15) is 0 Å². The molecule has 1 aromatic rings. The second kappa shape index (κ2) is 5.62. The van der Waals surface area contributed by atoms with Crippen molar-refractivity contribution in [2.24, 2.45) is 0 Å². The Labute approximate surface area is 88.0 Å². The second-order valence-corrected chi connectivity index (χ2v) is 3.10. The van der Waals surface area contributed by atoms with E-state index in [2.05, 4.69) is 4.98 Å².